The van der Waals surface area contributed by atoms with Crippen molar-refractivity contribution in [3.8, 4) is 17.6 Å². The number of halogens is 3. The standard InChI is InChI=1S/C21H17BrF2N2O3/c22-15-4-3-5-17(11-15)26-13-14(10-20(26)27)21(28)25-8-1-2-9-29-19-7-6-16(23)12-18(19)24/h3-7,11-12,14H,8-10,13H2,(H,25,28). The summed E-state index contributed by atoms with van der Waals surface area (Å²) in [5, 5.41) is 2.67. The third kappa shape index (κ3) is 5.55. The molecule has 1 N–H and O–H groups in total. The number of amides is 2. The molecule has 0 radical (unpaired) electrons. The van der Waals surface area contributed by atoms with Gasteiger partial charge in [0, 0.05) is 29.2 Å². The van der Waals surface area contributed by atoms with Crippen molar-refractivity contribution >= 4 is 33.4 Å². The number of hydrogen-bond acceptors (Lipinski definition) is 3. The number of anilines is 1. The Kier molecular flexibility index (Phi) is 6.83. The molecule has 1 saturated heterocycles. The zero-order valence-electron chi connectivity index (χ0n) is 15.3. The van der Waals surface area contributed by atoms with Crippen molar-refractivity contribution in [1.29, 1.82) is 0 Å². The van der Waals surface area contributed by atoms with Gasteiger partial charge >= 0.3 is 0 Å². The van der Waals surface area contributed by atoms with E-state index in [1.54, 1.807) is 4.90 Å². The first-order valence-corrected chi connectivity index (χ1v) is 9.60. The molecule has 2 amide bonds. The number of hydrogen-bond donors (Lipinski definition) is 1. The summed E-state index contributed by atoms with van der Waals surface area (Å²) in [5.74, 6) is 2.94. The highest BCUT2D eigenvalue weighted by Crippen LogP contribution is 2.27. The number of nitrogens with one attached hydrogen (secondary N) is 1. The fraction of sp³-hybridized carbons (Fsp3) is 0.238. The van der Waals surface area contributed by atoms with Gasteiger partial charge in [0.1, 0.15) is 12.4 Å². The van der Waals surface area contributed by atoms with Crippen molar-refractivity contribution in [2.45, 2.75) is 6.42 Å². The van der Waals surface area contributed by atoms with Crippen LogP contribution in [0.1, 0.15) is 6.42 Å². The topological polar surface area (TPSA) is 58.6 Å². The summed E-state index contributed by atoms with van der Waals surface area (Å²) in [6, 6.07) is 10.3. The molecule has 0 aliphatic carbocycles. The van der Waals surface area contributed by atoms with Crippen molar-refractivity contribution in [1.82, 2.24) is 5.32 Å². The zero-order chi connectivity index (χ0) is 20.8. The molecule has 0 saturated carbocycles. The molecule has 2 aromatic rings. The van der Waals surface area contributed by atoms with Gasteiger partial charge in [0.15, 0.2) is 11.6 Å². The highest BCUT2D eigenvalue weighted by atomic mass is 79.9. The molecule has 150 valence electrons. The van der Waals surface area contributed by atoms with Gasteiger partial charge in [-0.2, -0.15) is 0 Å². The second-order valence-electron chi connectivity index (χ2n) is 6.32. The van der Waals surface area contributed by atoms with Crippen LogP contribution in [0.25, 0.3) is 0 Å². The van der Waals surface area contributed by atoms with Gasteiger partial charge < -0.3 is 15.0 Å². The Balaban J connectivity index is 1.44. The molecular weight excluding hydrogens is 446 g/mol. The van der Waals surface area contributed by atoms with Crippen LogP contribution >= 0.6 is 15.9 Å². The lowest BCUT2D eigenvalue weighted by Gasteiger charge is -2.16. The average molecular weight is 463 g/mol. The number of benzene rings is 2. The Hall–Kier alpha value is -2.92. The van der Waals surface area contributed by atoms with Gasteiger partial charge in [-0.3, -0.25) is 9.59 Å². The van der Waals surface area contributed by atoms with Crippen LogP contribution in [-0.4, -0.2) is 31.5 Å². The number of carbonyl (C=O) groups is 2. The van der Waals surface area contributed by atoms with E-state index in [9.17, 15) is 18.4 Å². The van der Waals surface area contributed by atoms with Crippen LogP contribution in [0.3, 0.4) is 0 Å². The first kappa shape index (κ1) is 20.8. The molecule has 0 spiro atoms. The highest BCUT2D eigenvalue weighted by Gasteiger charge is 2.34. The predicted molar refractivity (Wildman–Crippen MR) is 107 cm³/mol. The molecule has 5 nitrogen and oxygen atoms in total. The van der Waals surface area contributed by atoms with Crippen LogP contribution in [-0.2, 0) is 9.59 Å². The molecule has 3 rings (SSSR count). The summed E-state index contributed by atoms with van der Waals surface area (Å²) in [7, 11) is 0. The lowest BCUT2D eigenvalue weighted by atomic mass is 10.1. The minimum absolute atomic E-state index is 0.0790. The minimum atomic E-state index is -0.805. The van der Waals surface area contributed by atoms with Crippen LogP contribution < -0.4 is 15.0 Å². The molecule has 8 heteroatoms. The van der Waals surface area contributed by atoms with Crippen LogP contribution in [0, 0.1) is 29.4 Å². The fourth-order valence-corrected chi connectivity index (χ4v) is 3.26. The lowest BCUT2D eigenvalue weighted by molar-refractivity contribution is -0.126. The summed E-state index contributed by atoms with van der Waals surface area (Å²) in [6.45, 7) is 0.286. The molecule has 0 aromatic heterocycles. The fourth-order valence-electron chi connectivity index (χ4n) is 2.87. The largest absolute Gasteiger partial charge is 0.478 e. The smallest absolute Gasteiger partial charge is 0.227 e. The number of nitrogens with zero attached hydrogens (tertiary/aromatic N) is 1. The maximum atomic E-state index is 13.4. The molecule has 2 aromatic carbocycles. The SMILES string of the molecule is O=C(NCC#CCOc1ccc(F)cc1F)C1CC(=O)N(c2cccc(Br)c2)C1. The van der Waals surface area contributed by atoms with Crippen LogP contribution in [0.5, 0.6) is 5.75 Å². The van der Waals surface area contributed by atoms with E-state index in [0.717, 1.165) is 22.3 Å². The Morgan fingerprint density at radius 1 is 1.24 bits per heavy atom. The van der Waals surface area contributed by atoms with Crippen molar-refractivity contribution in [2.24, 2.45) is 5.92 Å². The summed E-state index contributed by atoms with van der Waals surface area (Å²) in [5.41, 5.74) is 0.740. The maximum Gasteiger partial charge on any atom is 0.227 e. The van der Waals surface area contributed by atoms with Gasteiger partial charge in [-0.25, -0.2) is 8.78 Å². The van der Waals surface area contributed by atoms with E-state index in [-0.39, 0.29) is 37.1 Å². The second-order valence-corrected chi connectivity index (χ2v) is 7.24. The normalized spacial score (nSPS) is 15.6. The van der Waals surface area contributed by atoms with E-state index < -0.39 is 17.6 Å². The Morgan fingerprint density at radius 3 is 2.83 bits per heavy atom. The molecule has 1 aliphatic rings. The Bertz CT molecular complexity index is 987. The molecule has 1 atom stereocenters. The van der Waals surface area contributed by atoms with E-state index in [0.29, 0.717) is 6.54 Å². The van der Waals surface area contributed by atoms with Gasteiger partial charge in [-0.1, -0.05) is 33.8 Å². The summed E-state index contributed by atoms with van der Waals surface area (Å²) in [6.07, 6.45) is 0.138. The molecule has 0 bridgehead atoms. The number of rotatable bonds is 5. The number of ether oxygens (including phenoxy) is 1. The Labute approximate surface area is 175 Å². The van der Waals surface area contributed by atoms with E-state index in [4.69, 9.17) is 4.74 Å². The second kappa shape index (κ2) is 9.52. The minimum Gasteiger partial charge on any atom is -0.478 e. The Morgan fingerprint density at radius 2 is 2.07 bits per heavy atom. The molecule has 1 unspecified atom stereocenters. The van der Waals surface area contributed by atoms with Gasteiger partial charge in [-0.15, -0.1) is 0 Å². The first-order valence-electron chi connectivity index (χ1n) is 8.81. The predicted octanol–water partition coefficient (Wildman–Crippen LogP) is 3.28. The third-order valence-corrected chi connectivity index (χ3v) is 4.78. The van der Waals surface area contributed by atoms with Gasteiger partial charge in [0.25, 0.3) is 0 Å². The lowest BCUT2D eigenvalue weighted by Crippen LogP contribution is -2.33. The molecule has 29 heavy (non-hydrogen) atoms. The van der Waals surface area contributed by atoms with Crippen molar-refractivity contribution in [2.75, 3.05) is 24.6 Å². The quantitative estimate of drug-likeness (QED) is 0.693. The monoisotopic (exact) mass is 462 g/mol. The summed E-state index contributed by atoms with van der Waals surface area (Å²) >= 11 is 3.37. The maximum absolute atomic E-state index is 13.4. The van der Waals surface area contributed by atoms with Gasteiger partial charge in [0.2, 0.25) is 11.8 Å². The first-order chi connectivity index (χ1) is 13.9. The van der Waals surface area contributed by atoms with E-state index in [2.05, 4.69) is 33.1 Å². The number of carbonyl (C=O) groups excluding carboxylic acids is 2. The van der Waals surface area contributed by atoms with Gasteiger partial charge in [0.05, 0.1) is 12.5 Å². The molecule has 1 fully saturated rings. The van der Waals surface area contributed by atoms with E-state index >= 15 is 0 Å². The van der Waals surface area contributed by atoms with Gasteiger partial charge in [-0.05, 0) is 30.3 Å². The van der Waals surface area contributed by atoms with Crippen LogP contribution in [0.2, 0.25) is 0 Å². The summed E-state index contributed by atoms with van der Waals surface area (Å²) < 4.78 is 32.2. The molecular formula is C21H17BrF2N2O3. The molecule has 1 heterocycles. The van der Waals surface area contributed by atoms with E-state index in [1.807, 2.05) is 24.3 Å². The zero-order valence-corrected chi connectivity index (χ0v) is 16.8. The van der Waals surface area contributed by atoms with Crippen LogP contribution in [0.4, 0.5) is 14.5 Å². The van der Waals surface area contributed by atoms with Crippen molar-refractivity contribution in [3.63, 3.8) is 0 Å². The highest BCUT2D eigenvalue weighted by molar-refractivity contribution is 9.10. The van der Waals surface area contributed by atoms with E-state index in [1.165, 1.54) is 6.07 Å². The van der Waals surface area contributed by atoms with Crippen LogP contribution in [0.15, 0.2) is 46.9 Å². The van der Waals surface area contributed by atoms with Crippen molar-refractivity contribution < 1.29 is 23.1 Å². The summed E-state index contributed by atoms with van der Waals surface area (Å²) in [4.78, 5) is 26.1. The van der Waals surface area contributed by atoms with Crippen molar-refractivity contribution in [3.05, 3.63) is 58.6 Å². The third-order valence-electron chi connectivity index (χ3n) is 4.29. The molecule has 1 aliphatic heterocycles. The average Bonchev–Trinajstić information content (AvgIpc) is 3.07.